The largest absolute Gasteiger partial charge is 0.392 e. The van der Waals surface area contributed by atoms with E-state index in [0.29, 0.717) is 6.54 Å². The van der Waals surface area contributed by atoms with E-state index in [-0.39, 0.29) is 6.10 Å². The van der Waals surface area contributed by atoms with Gasteiger partial charge in [-0.05, 0) is 25.6 Å². The third-order valence-corrected chi connectivity index (χ3v) is 2.12. The highest BCUT2D eigenvalue weighted by atomic mass is 16.3. The van der Waals surface area contributed by atoms with E-state index in [2.05, 4.69) is 10.3 Å². The second-order valence-electron chi connectivity index (χ2n) is 3.78. The van der Waals surface area contributed by atoms with Crippen molar-refractivity contribution in [1.82, 2.24) is 10.3 Å². The fourth-order valence-electron chi connectivity index (χ4n) is 1.44. The first-order valence-electron chi connectivity index (χ1n) is 5.12. The van der Waals surface area contributed by atoms with E-state index in [1.165, 1.54) is 0 Å². The minimum Gasteiger partial charge on any atom is -0.392 e. The highest BCUT2D eigenvalue weighted by Gasteiger charge is 2.05. The average Bonchev–Trinajstić information content (AvgIpc) is 2.18. The Hall–Kier alpha value is -1.13. The van der Waals surface area contributed by atoms with Crippen LogP contribution in [0.5, 0.6) is 0 Å². The number of hydrogen-bond acceptors (Lipinski definition) is 4. The molecule has 1 atom stereocenters. The van der Waals surface area contributed by atoms with Crippen molar-refractivity contribution in [2.45, 2.75) is 19.6 Å². The maximum absolute atomic E-state index is 9.24. The molecule has 4 heteroatoms. The van der Waals surface area contributed by atoms with E-state index in [1.54, 1.807) is 6.92 Å². The number of hydrogen-bond donors (Lipinski definition) is 2. The molecule has 15 heavy (non-hydrogen) atoms. The normalized spacial score (nSPS) is 12.5. The quantitative estimate of drug-likeness (QED) is 0.746. The van der Waals surface area contributed by atoms with Gasteiger partial charge in [0.1, 0.15) is 5.82 Å². The van der Waals surface area contributed by atoms with E-state index in [1.807, 2.05) is 37.3 Å². The van der Waals surface area contributed by atoms with Crippen molar-refractivity contribution in [3.05, 3.63) is 23.9 Å². The zero-order chi connectivity index (χ0) is 11.3. The second kappa shape index (κ2) is 5.68. The molecule has 2 N–H and O–H groups in total. The van der Waals surface area contributed by atoms with Crippen LogP contribution >= 0.6 is 0 Å². The molecule has 84 valence electrons. The number of rotatable bonds is 5. The molecule has 1 heterocycles. The molecule has 0 aliphatic carbocycles. The zero-order valence-electron chi connectivity index (χ0n) is 9.57. The molecule has 0 saturated carbocycles. The van der Waals surface area contributed by atoms with Crippen LogP contribution in [0, 0.1) is 0 Å². The average molecular weight is 209 g/mol. The Morgan fingerprint density at radius 2 is 2.27 bits per heavy atom. The monoisotopic (exact) mass is 209 g/mol. The predicted octanol–water partition coefficient (Wildman–Crippen LogP) is 0.618. The van der Waals surface area contributed by atoms with Crippen LogP contribution < -0.4 is 10.2 Å². The lowest BCUT2D eigenvalue weighted by molar-refractivity contribution is 0.201. The van der Waals surface area contributed by atoms with Crippen LogP contribution in [0.4, 0.5) is 5.82 Å². The van der Waals surface area contributed by atoms with Crippen molar-refractivity contribution >= 4 is 5.82 Å². The standard InChI is InChI=1S/C11H19N3O/c1-9(15)8-14(3)11-5-4-10(6-12-2)7-13-11/h4-5,7,9,12,15H,6,8H2,1-3H3. The molecule has 0 amide bonds. The fraction of sp³-hybridized carbons (Fsp3) is 0.545. The fourth-order valence-corrected chi connectivity index (χ4v) is 1.44. The minimum atomic E-state index is -0.339. The van der Waals surface area contributed by atoms with Gasteiger partial charge in [-0.3, -0.25) is 0 Å². The third-order valence-electron chi connectivity index (χ3n) is 2.12. The van der Waals surface area contributed by atoms with Gasteiger partial charge in [-0.1, -0.05) is 6.07 Å². The maximum Gasteiger partial charge on any atom is 0.128 e. The third kappa shape index (κ3) is 3.85. The topological polar surface area (TPSA) is 48.4 Å². The molecule has 0 saturated heterocycles. The van der Waals surface area contributed by atoms with Gasteiger partial charge in [0.15, 0.2) is 0 Å². The second-order valence-corrected chi connectivity index (χ2v) is 3.78. The number of aliphatic hydroxyl groups is 1. The van der Waals surface area contributed by atoms with Gasteiger partial charge in [-0.2, -0.15) is 0 Å². The van der Waals surface area contributed by atoms with Crippen molar-refractivity contribution in [2.75, 3.05) is 25.5 Å². The lowest BCUT2D eigenvalue weighted by atomic mass is 10.2. The smallest absolute Gasteiger partial charge is 0.128 e. The van der Waals surface area contributed by atoms with Gasteiger partial charge in [-0.25, -0.2) is 4.98 Å². The molecule has 0 aliphatic rings. The Balaban J connectivity index is 2.62. The number of nitrogens with zero attached hydrogens (tertiary/aromatic N) is 2. The Labute approximate surface area is 90.9 Å². The van der Waals surface area contributed by atoms with Gasteiger partial charge in [0.2, 0.25) is 0 Å². The summed E-state index contributed by atoms with van der Waals surface area (Å²) in [6.07, 6.45) is 1.51. The summed E-state index contributed by atoms with van der Waals surface area (Å²) >= 11 is 0. The molecule has 0 fully saturated rings. The number of likely N-dealkylation sites (N-methyl/N-ethyl adjacent to an activating group) is 1. The highest BCUT2D eigenvalue weighted by molar-refractivity contribution is 5.38. The van der Waals surface area contributed by atoms with E-state index in [9.17, 15) is 5.11 Å². The molecule has 0 spiro atoms. The Kier molecular flexibility index (Phi) is 4.52. The molecule has 1 aromatic rings. The van der Waals surface area contributed by atoms with Crippen molar-refractivity contribution < 1.29 is 5.11 Å². The van der Waals surface area contributed by atoms with E-state index in [0.717, 1.165) is 17.9 Å². The summed E-state index contributed by atoms with van der Waals surface area (Å²) in [6.45, 7) is 3.19. The first-order valence-corrected chi connectivity index (χ1v) is 5.12. The number of aliphatic hydroxyl groups excluding tert-OH is 1. The van der Waals surface area contributed by atoms with Crippen LogP contribution in [0.15, 0.2) is 18.3 Å². The SMILES string of the molecule is CNCc1ccc(N(C)CC(C)O)nc1. The first-order chi connectivity index (χ1) is 7.13. The molecule has 1 rings (SSSR count). The van der Waals surface area contributed by atoms with Crippen molar-refractivity contribution in [2.24, 2.45) is 0 Å². The summed E-state index contributed by atoms with van der Waals surface area (Å²) in [5.41, 5.74) is 1.16. The summed E-state index contributed by atoms with van der Waals surface area (Å²) in [7, 11) is 3.83. The van der Waals surface area contributed by atoms with Gasteiger partial charge >= 0.3 is 0 Å². The van der Waals surface area contributed by atoms with Crippen molar-refractivity contribution in [1.29, 1.82) is 0 Å². The van der Waals surface area contributed by atoms with E-state index >= 15 is 0 Å². The van der Waals surface area contributed by atoms with E-state index < -0.39 is 0 Å². The molecule has 4 nitrogen and oxygen atoms in total. The van der Waals surface area contributed by atoms with Crippen LogP contribution in [0.25, 0.3) is 0 Å². The van der Waals surface area contributed by atoms with Crippen LogP contribution in [0.1, 0.15) is 12.5 Å². The van der Waals surface area contributed by atoms with Crippen LogP contribution in [-0.2, 0) is 6.54 Å². The van der Waals surface area contributed by atoms with Crippen LogP contribution in [0.3, 0.4) is 0 Å². The highest BCUT2D eigenvalue weighted by Crippen LogP contribution is 2.09. The van der Waals surface area contributed by atoms with E-state index in [4.69, 9.17) is 0 Å². The summed E-state index contributed by atoms with van der Waals surface area (Å²) in [4.78, 5) is 6.26. The lowest BCUT2D eigenvalue weighted by Crippen LogP contribution is -2.27. The van der Waals surface area contributed by atoms with Crippen molar-refractivity contribution in [3.63, 3.8) is 0 Å². The predicted molar refractivity (Wildman–Crippen MR) is 62.0 cm³/mol. The molecule has 1 unspecified atom stereocenters. The molecule has 1 aromatic heterocycles. The number of anilines is 1. The zero-order valence-corrected chi connectivity index (χ0v) is 9.57. The number of nitrogens with one attached hydrogen (secondary N) is 1. The Morgan fingerprint density at radius 3 is 2.73 bits per heavy atom. The lowest BCUT2D eigenvalue weighted by Gasteiger charge is -2.19. The first kappa shape index (κ1) is 11.9. The van der Waals surface area contributed by atoms with Gasteiger partial charge in [0.25, 0.3) is 0 Å². The van der Waals surface area contributed by atoms with Crippen LogP contribution in [-0.4, -0.2) is 36.8 Å². The number of aromatic nitrogens is 1. The number of pyridine rings is 1. The molecule has 0 radical (unpaired) electrons. The molecular formula is C11H19N3O. The Bertz CT molecular complexity index is 284. The minimum absolute atomic E-state index is 0.339. The van der Waals surface area contributed by atoms with Crippen molar-refractivity contribution in [3.8, 4) is 0 Å². The summed E-state index contributed by atoms with van der Waals surface area (Å²) in [5.74, 6) is 0.885. The summed E-state index contributed by atoms with van der Waals surface area (Å²) in [5, 5.41) is 12.3. The summed E-state index contributed by atoms with van der Waals surface area (Å²) in [6, 6.07) is 4.01. The van der Waals surface area contributed by atoms with Gasteiger partial charge in [-0.15, -0.1) is 0 Å². The molecule has 0 aliphatic heterocycles. The van der Waals surface area contributed by atoms with Gasteiger partial charge < -0.3 is 15.3 Å². The maximum atomic E-state index is 9.24. The molecular weight excluding hydrogens is 190 g/mol. The van der Waals surface area contributed by atoms with Gasteiger partial charge in [0.05, 0.1) is 6.10 Å². The molecule has 0 aromatic carbocycles. The van der Waals surface area contributed by atoms with Crippen LogP contribution in [0.2, 0.25) is 0 Å². The summed E-state index contributed by atoms with van der Waals surface area (Å²) < 4.78 is 0. The van der Waals surface area contributed by atoms with Gasteiger partial charge in [0, 0.05) is 26.3 Å². The molecule has 0 bridgehead atoms. The Morgan fingerprint density at radius 1 is 1.53 bits per heavy atom.